The summed E-state index contributed by atoms with van der Waals surface area (Å²) in [5.74, 6) is 3.15. The Hall–Kier alpha value is -0.740. The molecule has 1 heteroatoms. The second kappa shape index (κ2) is 6.94. The van der Waals surface area contributed by atoms with Crippen molar-refractivity contribution in [1.82, 2.24) is 0 Å². The average Bonchev–Trinajstić information content (AvgIpc) is 2.04. The van der Waals surface area contributed by atoms with Gasteiger partial charge in [0.15, 0.2) is 0 Å². The Balaban J connectivity index is 3.71. The molecule has 0 amide bonds. The van der Waals surface area contributed by atoms with Crippen LogP contribution in [-0.2, 0) is 4.74 Å². The van der Waals surface area contributed by atoms with Crippen LogP contribution in [-0.4, -0.2) is 12.7 Å². The molecule has 0 aromatic rings. The third-order valence-corrected chi connectivity index (χ3v) is 1.74. The van der Waals surface area contributed by atoms with Gasteiger partial charge in [0.25, 0.3) is 0 Å². The molecule has 0 bridgehead atoms. The summed E-state index contributed by atoms with van der Waals surface area (Å²) in [5, 5.41) is 0. The van der Waals surface area contributed by atoms with E-state index in [0.717, 1.165) is 12.8 Å². The van der Waals surface area contributed by atoms with Gasteiger partial charge >= 0.3 is 0 Å². The van der Waals surface area contributed by atoms with E-state index in [-0.39, 0.29) is 6.10 Å². The van der Waals surface area contributed by atoms with Crippen molar-refractivity contribution in [3.63, 3.8) is 0 Å². The van der Waals surface area contributed by atoms with Gasteiger partial charge in [0.05, 0.1) is 12.7 Å². The fourth-order valence-corrected chi connectivity index (χ4v) is 1.03. The maximum Gasteiger partial charge on any atom is 0.0648 e. The van der Waals surface area contributed by atoms with Crippen molar-refractivity contribution in [3.05, 3.63) is 12.7 Å². The van der Waals surface area contributed by atoms with Gasteiger partial charge in [-0.05, 0) is 12.3 Å². The molecule has 0 aliphatic heterocycles. The summed E-state index contributed by atoms with van der Waals surface area (Å²) >= 11 is 0. The van der Waals surface area contributed by atoms with Crippen molar-refractivity contribution in [2.75, 3.05) is 6.61 Å². The van der Waals surface area contributed by atoms with E-state index in [1.165, 1.54) is 0 Å². The fourth-order valence-electron chi connectivity index (χ4n) is 1.03. The largest absolute Gasteiger partial charge is 0.374 e. The number of ether oxygens (including phenoxy) is 1. The molecule has 1 unspecified atom stereocenters. The first-order valence-corrected chi connectivity index (χ1v) is 4.38. The molecule has 0 saturated carbocycles. The molecular formula is C11H18O. The minimum Gasteiger partial charge on any atom is -0.374 e. The van der Waals surface area contributed by atoms with Crippen LogP contribution < -0.4 is 0 Å². The van der Waals surface area contributed by atoms with E-state index < -0.39 is 0 Å². The lowest BCUT2D eigenvalue weighted by atomic mass is 10.0. The van der Waals surface area contributed by atoms with E-state index in [1.807, 2.05) is 0 Å². The lowest BCUT2D eigenvalue weighted by Crippen LogP contribution is -2.19. The second-order valence-corrected chi connectivity index (χ2v) is 3.15. The summed E-state index contributed by atoms with van der Waals surface area (Å²) in [6.45, 7) is 8.51. The molecule has 0 aromatic carbocycles. The third-order valence-electron chi connectivity index (χ3n) is 1.74. The van der Waals surface area contributed by atoms with Gasteiger partial charge in [0.1, 0.15) is 0 Å². The van der Waals surface area contributed by atoms with Crippen LogP contribution >= 0.6 is 0 Å². The van der Waals surface area contributed by atoms with Crippen molar-refractivity contribution in [2.45, 2.75) is 32.8 Å². The van der Waals surface area contributed by atoms with Gasteiger partial charge in [0, 0.05) is 6.42 Å². The first-order chi connectivity index (χ1) is 5.72. The summed E-state index contributed by atoms with van der Waals surface area (Å²) in [7, 11) is 0. The van der Waals surface area contributed by atoms with Gasteiger partial charge in [-0.15, -0.1) is 18.9 Å². The van der Waals surface area contributed by atoms with E-state index in [1.54, 1.807) is 6.08 Å². The summed E-state index contributed by atoms with van der Waals surface area (Å²) in [6.07, 6.45) is 8.96. The van der Waals surface area contributed by atoms with Gasteiger partial charge in [-0.25, -0.2) is 0 Å². The Morgan fingerprint density at radius 3 is 2.67 bits per heavy atom. The van der Waals surface area contributed by atoms with E-state index in [4.69, 9.17) is 11.2 Å². The molecular weight excluding hydrogens is 148 g/mol. The highest BCUT2D eigenvalue weighted by Crippen LogP contribution is 2.12. The van der Waals surface area contributed by atoms with E-state index in [9.17, 15) is 0 Å². The molecule has 1 atom stereocenters. The Bertz CT molecular complexity index is 153. The van der Waals surface area contributed by atoms with Crippen LogP contribution in [0.2, 0.25) is 0 Å². The molecule has 12 heavy (non-hydrogen) atoms. The van der Waals surface area contributed by atoms with E-state index in [2.05, 4.69) is 26.3 Å². The van der Waals surface area contributed by atoms with Crippen molar-refractivity contribution < 1.29 is 4.74 Å². The first-order valence-electron chi connectivity index (χ1n) is 4.38. The van der Waals surface area contributed by atoms with Gasteiger partial charge in [0.2, 0.25) is 0 Å². The zero-order valence-corrected chi connectivity index (χ0v) is 8.05. The maximum absolute atomic E-state index is 5.54. The molecule has 0 N–H and O–H groups in total. The minimum atomic E-state index is 0.277. The standard InChI is InChI=1S/C11H18O/c1-5-7-8-11(10(3)4)12-9-6-2/h1,6,10-11H,2,7-9H2,3-4H3. The molecule has 68 valence electrons. The first kappa shape index (κ1) is 11.3. The van der Waals surface area contributed by atoms with Crippen molar-refractivity contribution in [3.8, 4) is 12.3 Å². The summed E-state index contributed by atoms with van der Waals surface area (Å²) in [5.41, 5.74) is 0. The average molecular weight is 166 g/mol. The van der Waals surface area contributed by atoms with Crippen LogP contribution in [0.1, 0.15) is 26.7 Å². The Morgan fingerprint density at radius 1 is 1.58 bits per heavy atom. The summed E-state index contributed by atoms with van der Waals surface area (Å²) < 4.78 is 5.54. The SMILES string of the molecule is C#CCCC(OCC=C)C(C)C. The smallest absolute Gasteiger partial charge is 0.0648 e. The molecule has 0 radical (unpaired) electrons. The molecule has 0 spiro atoms. The molecule has 0 aromatic heterocycles. The highest BCUT2D eigenvalue weighted by atomic mass is 16.5. The van der Waals surface area contributed by atoms with Gasteiger partial charge < -0.3 is 4.74 Å². The fraction of sp³-hybridized carbons (Fsp3) is 0.636. The number of rotatable bonds is 6. The predicted octanol–water partition coefficient (Wildman–Crippen LogP) is 2.63. The third kappa shape index (κ3) is 4.98. The van der Waals surface area contributed by atoms with Crippen LogP contribution in [0, 0.1) is 18.3 Å². The highest BCUT2D eigenvalue weighted by Gasteiger charge is 2.11. The molecule has 0 heterocycles. The van der Waals surface area contributed by atoms with E-state index in [0.29, 0.717) is 12.5 Å². The van der Waals surface area contributed by atoms with Gasteiger partial charge in [-0.3, -0.25) is 0 Å². The van der Waals surface area contributed by atoms with Crippen LogP contribution in [0.4, 0.5) is 0 Å². The second-order valence-electron chi connectivity index (χ2n) is 3.15. The molecule has 0 fully saturated rings. The van der Waals surface area contributed by atoms with Crippen LogP contribution in [0.15, 0.2) is 12.7 Å². The molecule has 0 aliphatic carbocycles. The number of hydrogen-bond donors (Lipinski definition) is 0. The summed E-state index contributed by atoms with van der Waals surface area (Å²) in [4.78, 5) is 0. The normalized spacial score (nSPS) is 12.5. The zero-order valence-electron chi connectivity index (χ0n) is 8.05. The zero-order chi connectivity index (χ0) is 9.40. The lowest BCUT2D eigenvalue weighted by Gasteiger charge is -2.19. The van der Waals surface area contributed by atoms with Crippen LogP contribution in [0.25, 0.3) is 0 Å². The molecule has 0 rings (SSSR count). The lowest BCUT2D eigenvalue weighted by molar-refractivity contribution is 0.0355. The monoisotopic (exact) mass is 166 g/mol. The molecule has 0 saturated heterocycles. The van der Waals surface area contributed by atoms with E-state index >= 15 is 0 Å². The number of hydrogen-bond acceptors (Lipinski definition) is 1. The highest BCUT2D eigenvalue weighted by molar-refractivity contribution is 4.85. The Morgan fingerprint density at radius 2 is 2.25 bits per heavy atom. The van der Waals surface area contributed by atoms with Crippen LogP contribution in [0.3, 0.4) is 0 Å². The predicted molar refractivity (Wildman–Crippen MR) is 52.8 cm³/mol. The van der Waals surface area contributed by atoms with Crippen molar-refractivity contribution in [2.24, 2.45) is 5.92 Å². The summed E-state index contributed by atoms with van der Waals surface area (Å²) in [6, 6.07) is 0. The quantitative estimate of drug-likeness (QED) is 0.435. The van der Waals surface area contributed by atoms with Crippen molar-refractivity contribution in [1.29, 1.82) is 0 Å². The Kier molecular flexibility index (Phi) is 6.51. The number of terminal acetylenes is 1. The van der Waals surface area contributed by atoms with Gasteiger partial charge in [-0.2, -0.15) is 0 Å². The maximum atomic E-state index is 5.54. The molecule has 0 aliphatic rings. The molecule has 1 nitrogen and oxygen atoms in total. The van der Waals surface area contributed by atoms with Crippen LogP contribution in [0.5, 0.6) is 0 Å². The van der Waals surface area contributed by atoms with Gasteiger partial charge in [-0.1, -0.05) is 19.9 Å². The topological polar surface area (TPSA) is 9.23 Å². The minimum absolute atomic E-state index is 0.277. The Labute approximate surface area is 75.8 Å². The van der Waals surface area contributed by atoms with Crippen molar-refractivity contribution >= 4 is 0 Å².